The van der Waals surface area contributed by atoms with Crippen molar-refractivity contribution in [1.29, 1.82) is 0 Å². The second-order valence-electron chi connectivity index (χ2n) is 7.88. The SMILES string of the molecule is CCc1cccc(NC(=O)[C@H]2CCCN(Cc3nc4ccccc4n3CC)C2)c1. The number of nitrogens with zero attached hydrogens (tertiary/aromatic N) is 3. The third kappa shape index (κ3) is 4.35. The van der Waals surface area contributed by atoms with Gasteiger partial charge in [0.15, 0.2) is 0 Å². The monoisotopic (exact) mass is 390 g/mol. The van der Waals surface area contributed by atoms with Crippen molar-refractivity contribution in [2.45, 2.75) is 46.2 Å². The van der Waals surface area contributed by atoms with Crippen LogP contribution in [0.4, 0.5) is 5.69 Å². The first kappa shape index (κ1) is 19.6. The smallest absolute Gasteiger partial charge is 0.228 e. The highest BCUT2D eigenvalue weighted by atomic mass is 16.1. The topological polar surface area (TPSA) is 50.2 Å². The number of aryl methyl sites for hydroxylation is 2. The van der Waals surface area contributed by atoms with Crippen LogP contribution in [0.5, 0.6) is 0 Å². The van der Waals surface area contributed by atoms with Crippen LogP contribution in [0.1, 0.15) is 38.1 Å². The van der Waals surface area contributed by atoms with Gasteiger partial charge < -0.3 is 9.88 Å². The van der Waals surface area contributed by atoms with Gasteiger partial charge in [0.2, 0.25) is 5.91 Å². The summed E-state index contributed by atoms with van der Waals surface area (Å²) in [6.07, 6.45) is 2.96. The van der Waals surface area contributed by atoms with E-state index < -0.39 is 0 Å². The molecular weight excluding hydrogens is 360 g/mol. The molecule has 0 saturated carbocycles. The van der Waals surface area contributed by atoms with Gasteiger partial charge in [-0.2, -0.15) is 0 Å². The zero-order valence-electron chi connectivity index (χ0n) is 17.4. The van der Waals surface area contributed by atoms with Gasteiger partial charge in [0, 0.05) is 18.8 Å². The lowest BCUT2D eigenvalue weighted by atomic mass is 9.97. The number of rotatable bonds is 6. The summed E-state index contributed by atoms with van der Waals surface area (Å²) in [6, 6.07) is 16.5. The number of hydrogen-bond donors (Lipinski definition) is 1. The standard InChI is InChI=1S/C24H30N4O/c1-3-18-9-7-11-20(15-18)25-24(29)19-10-8-14-27(16-19)17-23-26-21-12-5-6-13-22(21)28(23)4-2/h5-7,9,11-13,15,19H,3-4,8,10,14,16-17H2,1-2H3,(H,25,29)/t19-/m0/s1. The summed E-state index contributed by atoms with van der Waals surface area (Å²) in [5.41, 5.74) is 4.38. The summed E-state index contributed by atoms with van der Waals surface area (Å²) in [5.74, 6) is 1.24. The molecule has 0 spiro atoms. The molecule has 1 atom stereocenters. The highest BCUT2D eigenvalue weighted by molar-refractivity contribution is 5.92. The van der Waals surface area contributed by atoms with Gasteiger partial charge in [0.1, 0.15) is 5.82 Å². The first-order valence-corrected chi connectivity index (χ1v) is 10.7. The largest absolute Gasteiger partial charge is 0.327 e. The summed E-state index contributed by atoms with van der Waals surface area (Å²) < 4.78 is 2.29. The Kier molecular flexibility index (Phi) is 5.95. The second kappa shape index (κ2) is 8.78. The van der Waals surface area contributed by atoms with Crippen molar-refractivity contribution in [3.05, 3.63) is 59.9 Å². The minimum absolute atomic E-state index is 0.0217. The van der Waals surface area contributed by atoms with Crippen molar-refractivity contribution in [3.63, 3.8) is 0 Å². The molecule has 1 amide bonds. The summed E-state index contributed by atoms with van der Waals surface area (Å²) in [5, 5.41) is 3.13. The lowest BCUT2D eigenvalue weighted by Gasteiger charge is -2.31. The lowest BCUT2D eigenvalue weighted by molar-refractivity contribution is -0.121. The van der Waals surface area contributed by atoms with E-state index in [2.05, 4.69) is 59.0 Å². The van der Waals surface area contributed by atoms with Crippen LogP contribution in [0, 0.1) is 5.92 Å². The molecule has 1 fully saturated rings. The average Bonchev–Trinajstić information content (AvgIpc) is 3.11. The minimum atomic E-state index is 0.0217. The van der Waals surface area contributed by atoms with Crippen molar-refractivity contribution in [1.82, 2.24) is 14.5 Å². The highest BCUT2D eigenvalue weighted by Crippen LogP contribution is 2.23. The maximum atomic E-state index is 12.9. The van der Waals surface area contributed by atoms with Crippen LogP contribution in [0.15, 0.2) is 48.5 Å². The quantitative estimate of drug-likeness (QED) is 0.676. The Balaban J connectivity index is 1.44. The van der Waals surface area contributed by atoms with Gasteiger partial charge in [-0.3, -0.25) is 9.69 Å². The molecule has 2 heterocycles. The van der Waals surface area contributed by atoms with Crippen molar-refractivity contribution >= 4 is 22.6 Å². The van der Waals surface area contributed by atoms with Crippen molar-refractivity contribution in [2.75, 3.05) is 18.4 Å². The van der Waals surface area contributed by atoms with Gasteiger partial charge in [-0.25, -0.2) is 4.98 Å². The molecule has 2 aromatic carbocycles. The molecule has 29 heavy (non-hydrogen) atoms. The van der Waals surface area contributed by atoms with E-state index in [1.807, 2.05) is 18.2 Å². The molecule has 0 radical (unpaired) electrons. The Hall–Kier alpha value is -2.66. The minimum Gasteiger partial charge on any atom is -0.327 e. The van der Waals surface area contributed by atoms with Crippen LogP contribution in [0.3, 0.4) is 0 Å². The van der Waals surface area contributed by atoms with Gasteiger partial charge in [0.25, 0.3) is 0 Å². The molecule has 0 unspecified atom stereocenters. The lowest BCUT2D eigenvalue weighted by Crippen LogP contribution is -2.40. The molecule has 0 bridgehead atoms. The fourth-order valence-corrected chi connectivity index (χ4v) is 4.33. The fourth-order valence-electron chi connectivity index (χ4n) is 4.33. The molecule has 5 heteroatoms. The summed E-state index contributed by atoms with van der Waals surface area (Å²) >= 11 is 0. The van der Waals surface area contributed by atoms with E-state index in [1.54, 1.807) is 0 Å². The van der Waals surface area contributed by atoms with E-state index in [0.29, 0.717) is 0 Å². The van der Waals surface area contributed by atoms with Crippen LogP contribution < -0.4 is 5.32 Å². The third-order valence-electron chi connectivity index (χ3n) is 5.89. The molecule has 3 aromatic rings. The maximum Gasteiger partial charge on any atom is 0.228 e. The fraction of sp³-hybridized carbons (Fsp3) is 0.417. The van der Waals surface area contributed by atoms with Crippen LogP contribution in [-0.2, 0) is 24.3 Å². The Labute approximate surface area is 172 Å². The average molecular weight is 391 g/mol. The summed E-state index contributed by atoms with van der Waals surface area (Å²) in [6.45, 7) is 7.78. The first-order chi connectivity index (χ1) is 14.2. The molecule has 0 aliphatic carbocycles. The van der Waals surface area contributed by atoms with E-state index in [9.17, 15) is 4.79 Å². The summed E-state index contributed by atoms with van der Waals surface area (Å²) in [4.78, 5) is 20.1. The second-order valence-corrected chi connectivity index (χ2v) is 7.88. The predicted molar refractivity (Wildman–Crippen MR) is 118 cm³/mol. The molecule has 5 nitrogen and oxygen atoms in total. The zero-order valence-corrected chi connectivity index (χ0v) is 17.4. The van der Waals surface area contributed by atoms with Crippen LogP contribution in [0.2, 0.25) is 0 Å². The van der Waals surface area contributed by atoms with Gasteiger partial charge >= 0.3 is 0 Å². The Morgan fingerprint density at radius 2 is 2.03 bits per heavy atom. The van der Waals surface area contributed by atoms with E-state index in [4.69, 9.17) is 4.98 Å². The van der Waals surface area contributed by atoms with Crippen LogP contribution in [-0.4, -0.2) is 33.4 Å². The number of carbonyl (C=O) groups is 1. The van der Waals surface area contributed by atoms with E-state index in [-0.39, 0.29) is 11.8 Å². The number of piperidine rings is 1. The molecular formula is C24H30N4O. The number of imidazole rings is 1. The number of likely N-dealkylation sites (tertiary alicyclic amines) is 1. The van der Waals surface area contributed by atoms with E-state index in [1.165, 1.54) is 11.1 Å². The molecule has 1 aromatic heterocycles. The van der Waals surface area contributed by atoms with Crippen LogP contribution >= 0.6 is 0 Å². The molecule has 1 aliphatic heterocycles. The normalized spacial score (nSPS) is 17.5. The highest BCUT2D eigenvalue weighted by Gasteiger charge is 2.27. The van der Waals surface area contributed by atoms with Gasteiger partial charge in [-0.1, -0.05) is 31.2 Å². The van der Waals surface area contributed by atoms with Crippen molar-refractivity contribution in [2.24, 2.45) is 5.92 Å². The number of hydrogen-bond acceptors (Lipinski definition) is 3. The molecule has 152 valence electrons. The first-order valence-electron chi connectivity index (χ1n) is 10.7. The maximum absolute atomic E-state index is 12.9. The Morgan fingerprint density at radius 3 is 2.86 bits per heavy atom. The van der Waals surface area contributed by atoms with Gasteiger partial charge in [-0.15, -0.1) is 0 Å². The number of amides is 1. The third-order valence-corrected chi connectivity index (χ3v) is 5.89. The number of aromatic nitrogens is 2. The zero-order chi connectivity index (χ0) is 20.2. The number of anilines is 1. The molecule has 1 aliphatic rings. The predicted octanol–water partition coefficient (Wildman–Crippen LogP) is 4.47. The number of para-hydroxylation sites is 2. The van der Waals surface area contributed by atoms with Crippen molar-refractivity contribution in [3.8, 4) is 0 Å². The molecule has 1 N–H and O–H groups in total. The number of fused-ring (bicyclic) bond motifs is 1. The number of nitrogens with one attached hydrogen (secondary N) is 1. The van der Waals surface area contributed by atoms with Crippen molar-refractivity contribution < 1.29 is 4.79 Å². The molecule has 4 rings (SSSR count). The van der Waals surface area contributed by atoms with E-state index >= 15 is 0 Å². The number of carbonyl (C=O) groups excluding carboxylic acids is 1. The van der Waals surface area contributed by atoms with Gasteiger partial charge in [-0.05, 0) is 62.6 Å². The van der Waals surface area contributed by atoms with Crippen LogP contribution in [0.25, 0.3) is 11.0 Å². The molecule has 1 saturated heterocycles. The number of benzene rings is 2. The van der Waals surface area contributed by atoms with Gasteiger partial charge in [0.05, 0.1) is 23.5 Å². The summed E-state index contributed by atoms with van der Waals surface area (Å²) in [7, 11) is 0. The van der Waals surface area contributed by atoms with E-state index in [0.717, 1.165) is 62.5 Å². The Morgan fingerprint density at radius 1 is 1.17 bits per heavy atom. The Bertz CT molecular complexity index is 993.